The Balaban J connectivity index is 4.35. The summed E-state index contributed by atoms with van der Waals surface area (Å²) in [4.78, 5) is 25.4. The van der Waals surface area contributed by atoms with E-state index in [0.717, 1.165) is 109 Å². The standard InChI is InChI=1S/C57H98O5/c1-4-7-10-13-16-19-22-25-28-31-34-37-40-43-46-49-52-60-53-55(62-57(59)51-48-45-42-39-36-33-30-27-24-21-18-15-12-9-6-3)54-61-56(58)50-47-44-41-38-35-32-29-26-23-20-17-14-11-8-5-2/h7-8,10-11,16-17,19-20,25-26,28-29,34,37,55H,4-6,9,12-15,18,21-24,27,30-33,35-36,38-54H2,1-3H3/b10-7-,11-8-,19-16-,20-17-,28-25-,29-26-,37-34-. The lowest BCUT2D eigenvalue weighted by molar-refractivity contribution is -0.163. The fourth-order valence-electron chi connectivity index (χ4n) is 7.10. The maximum Gasteiger partial charge on any atom is 0.306 e. The first-order valence-electron chi connectivity index (χ1n) is 26.1. The molecule has 0 heterocycles. The van der Waals surface area contributed by atoms with E-state index in [2.05, 4.69) is 106 Å². The number of unbranched alkanes of at least 4 members (excludes halogenated alkanes) is 22. The molecule has 5 nitrogen and oxygen atoms in total. The molecule has 0 aromatic heterocycles. The van der Waals surface area contributed by atoms with Crippen LogP contribution in [-0.2, 0) is 23.8 Å². The summed E-state index contributed by atoms with van der Waals surface area (Å²) in [5.74, 6) is -0.432. The van der Waals surface area contributed by atoms with Crippen LogP contribution < -0.4 is 0 Å². The van der Waals surface area contributed by atoms with Gasteiger partial charge in [0.2, 0.25) is 0 Å². The molecule has 0 saturated carbocycles. The van der Waals surface area contributed by atoms with E-state index < -0.39 is 6.10 Å². The van der Waals surface area contributed by atoms with Crippen molar-refractivity contribution < 1.29 is 23.8 Å². The Kier molecular flexibility index (Phi) is 50.0. The summed E-state index contributed by atoms with van der Waals surface area (Å²) >= 11 is 0. The normalized spacial score (nSPS) is 12.9. The molecule has 0 radical (unpaired) electrons. The highest BCUT2D eigenvalue weighted by atomic mass is 16.6. The molecule has 1 unspecified atom stereocenters. The Morgan fingerprint density at radius 1 is 0.371 bits per heavy atom. The number of allylic oxidation sites excluding steroid dienone is 14. The second-order valence-electron chi connectivity index (χ2n) is 17.0. The minimum atomic E-state index is -0.561. The number of hydrogen-bond acceptors (Lipinski definition) is 5. The SMILES string of the molecule is CC/C=C\C/C=C\C/C=C\C/C=C\CCCCCOCC(COC(=O)CCCCCCC/C=C\C/C=C\C/C=C\CC)OC(=O)CCCCCCCCCCCCCCCCC. The van der Waals surface area contributed by atoms with Gasteiger partial charge >= 0.3 is 11.9 Å². The molecule has 62 heavy (non-hydrogen) atoms. The number of rotatable bonds is 47. The molecule has 0 N–H and O–H groups in total. The summed E-state index contributed by atoms with van der Waals surface area (Å²) in [5.41, 5.74) is 0. The van der Waals surface area contributed by atoms with Crippen LogP contribution in [0.5, 0.6) is 0 Å². The highest BCUT2D eigenvalue weighted by Crippen LogP contribution is 2.15. The van der Waals surface area contributed by atoms with Crippen LogP contribution in [0.3, 0.4) is 0 Å². The predicted molar refractivity (Wildman–Crippen MR) is 270 cm³/mol. The Bertz CT molecular complexity index is 1160. The first-order valence-corrected chi connectivity index (χ1v) is 26.1. The van der Waals surface area contributed by atoms with E-state index in [1.165, 1.54) is 96.3 Å². The van der Waals surface area contributed by atoms with Crippen LogP contribution in [-0.4, -0.2) is 37.9 Å². The highest BCUT2D eigenvalue weighted by Gasteiger charge is 2.17. The zero-order valence-electron chi connectivity index (χ0n) is 40.9. The van der Waals surface area contributed by atoms with Crippen LogP contribution in [0, 0.1) is 0 Å². The van der Waals surface area contributed by atoms with E-state index >= 15 is 0 Å². The monoisotopic (exact) mass is 863 g/mol. The van der Waals surface area contributed by atoms with Gasteiger partial charge in [0.15, 0.2) is 6.10 Å². The van der Waals surface area contributed by atoms with Gasteiger partial charge in [0.1, 0.15) is 6.61 Å². The van der Waals surface area contributed by atoms with Gasteiger partial charge < -0.3 is 14.2 Å². The summed E-state index contributed by atoms with van der Waals surface area (Å²) in [6.07, 6.45) is 68.8. The van der Waals surface area contributed by atoms with E-state index in [-0.39, 0.29) is 25.2 Å². The molecule has 0 aliphatic carbocycles. The van der Waals surface area contributed by atoms with Gasteiger partial charge in [0.25, 0.3) is 0 Å². The molecule has 0 rings (SSSR count). The van der Waals surface area contributed by atoms with E-state index in [4.69, 9.17) is 14.2 Å². The molecule has 0 aliphatic heterocycles. The Labute approximate surface area is 384 Å². The number of hydrogen-bond donors (Lipinski definition) is 0. The average molecular weight is 863 g/mol. The minimum Gasteiger partial charge on any atom is -0.462 e. The molecule has 0 aromatic carbocycles. The lowest BCUT2D eigenvalue weighted by Gasteiger charge is -2.18. The summed E-state index contributed by atoms with van der Waals surface area (Å²) in [6, 6.07) is 0. The number of carbonyl (C=O) groups excluding carboxylic acids is 2. The van der Waals surface area contributed by atoms with Crippen LogP contribution in [0.15, 0.2) is 85.1 Å². The minimum absolute atomic E-state index is 0.0617. The first kappa shape index (κ1) is 59.1. The zero-order chi connectivity index (χ0) is 44.9. The van der Waals surface area contributed by atoms with Gasteiger partial charge in [-0.1, -0.05) is 221 Å². The highest BCUT2D eigenvalue weighted by molar-refractivity contribution is 5.70. The lowest BCUT2D eigenvalue weighted by atomic mass is 10.0. The van der Waals surface area contributed by atoms with Gasteiger partial charge in [-0.25, -0.2) is 0 Å². The van der Waals surface area contributed by atoms with Crippen molar-refractivity contribution >= 4 is 11.9 Å². The fourth-order valence-corrected chi connectivity index (χ4v) is 7.10. The van der Waals surface area contributed by atoms with Gasteiger partial charge in [-0.15, -0.1) is 0 Å². The van der Waals surface area contributed by atoms with Crippen LogP contribution >= 0.6 is 0 Å². The Morgan fingerprint density at radius 3 is 1.16 bits per heavy atom. The summed E-state index contributed by atoms with van der Waals surface area (Å²) in [5, 5.41) is 0. The molecule has 0 aromatic rings. The van der Waals surface area contributed by atoms with Gasteiger partial charge in [0.05, 0.1) is 6.61 Å². The van der Waals surface area contributed by atoms with E-state index in [1.54, 1.807) is 0 Å². The summed E-state index contributed by atoms with van der Waals surface area (Å²) < 4.78 is 17.4. The third kappa shape index (κ3) is 49.7. The second-order valence-corrected chi connectivity index (χ2v) is 17.0. The summed E-state index contributed by atoms with van der Waals surface area (Å²) in [7, 11) is 0. The van der Waals surface area contributed by atoms with Crippen molar-refractivity contribution in [1.29, 1.82) is 0 Å². The van der Waals surface area contributed by atoms with Crippen LogP contribution in [0.2, 0.25) is 0 Å². The lowest BCUT2D eigenvalue weighted by Crippen LogP contribution is -2.30. The van der Waals surface area contributed by atoms with Crippen LogP contribution in [0.1, 0.15) is 239 Å². The molecule has 1 atom stereocenters. The largest absolute Gasteiger partial charge is 0.462 e. The van der Waals surface area contributed by atoms with Crippen LogP contribution in [0.25, 0.3) is 0 Å². The van der Waals surface area contributed by atoms with Crippen molar-refractivity contribution in [3.05, 3.63) is 85.1 Å². The van der Waals surface area contributed by atoms with Gasteiger partial charge in [-0.05, 0) is 89.9 Å². The quantitative estimate of drug-likeness (QED) is 0.0346. The van der Waals surface area contributed by atoms with E-state index in [9.17, 15) is 9.59 Å². The van der Waals surface area contributed by atoms with Crippen molar-refractivity contribution in [3.8, 4) is 0 Å². The van der Waals surface area contributed by atoms with Crippen LogP contribution in [0.4, 0.5) is 0 Å². The zero-order valence-corrected chi connectivity index (χ0v) is 40.9. The topological polar surface area (TPSA) is 61.8 Å². The Morgan fingerprint density at radius 2 is 0.726 bits per heavy atom. The Hall–Kier alpha value is -2.92. The summed E-state index contributed by atoms with van der Waals surface area (Å²) in [6.45, 7) is 7.53. The number of carbonyl (C=O) groups is 2. The predicted octanol–water partition coefficient (Wildman–Crippen LogP) is 17.7. The molecule has 0 fully saturated rings. The van der Waals surface area contributed by atoms with Crippen molar-refractivity contribution in [3.63, 3.8) is 0 Å². The maximum absolute atomic E-state index is 12.8. The van der Waals surface area contributed by atoms with Gasteiger partial charge in [0, 0.05) is 19.4 Å². The van der Waals surface area contributed by atoms with Gasteiger partial charge in [-0.2, -0.15) is 0 Å². The second kappa shape index (κ2) is 52.4. The van der Waals surface area contributed by atoms with Crippen molar-refractivity contribution in [2.75, 3.05) is 19.8 Å². The van der Waals surface area contributed by atoms with Crippen molar-refractivity contribution in [2.24, 2.45) is 0 Å². The third-order valence-electron chi connectivity index (χ3n) is 10.9. The van der Waals surface area contributed by atoms with Crippen molar-refractivity contribution in [2.45, 2.75) is 245 Å². The smallest absolute Gasteiger partial charge is 0.306 e. The molecule has 356 valence electrons. The average Bonchev–Trinajstić information content (AvgIpc) is 3.27. The molecule has 0 bridgehead atoms. The molecule has 0 amide bonds. The molecule has 5 heteroatoms. The third-order valence-corrected chi connectivity index (χ3v) is 10.9. The first-order chi connectivity index (χ1) is 30.6. The van der Waals surface area contributed by atoms with E-state index in [1.807, 2.05) is 0 Å². The number of esters is 2. The molecular formula is C57H98O5. The van der Waals surface area contributed by atoms with Gasteiger partial charge in [-0.3, -0.25) is 9.59 Å². The maximum atomic E-state index is 12.8. The molecular weight excluding hydrogens is 765 g/mol. The van der Waals surface area contributed by atoms with Crippen molar-refractivity contribution in [1.82, 2.24) is 0 Å². The molecule has 0 saturated heterocycles. The number of ether oxygens (including phenoxy) is 3. The van der Waals surface area contributed by atoms with E-state index in [0.29, 0.717) is 19.4 Å². The fraction of sp³-hybridized carbons (Fsp3) is 0.719. The molecule has 0 aliphatic rings. The molecule has 0 spiro atoms.